The molecule has 0 spiro atoms. The van der Waals surface area contributed by atoms with Crippen molar-refractivity contribution in [2.75, 3.05) is 13.2 Å². The predicted molar refractivity (Wildman–Crippen MR) is 52.3 cm³/mol. The van der Waals surface area contributed by atoms with E-state index in [0.717, 1.165) is 6.07 Å². The van der Waals surface area contributed by atoms with Crippen LogP contribution < -0.4 is 0 Å². The maximum absolute atomic E-state index is 13.1. The average Bonchev–Trinajstić information content (AvgIpc) is 2.20. The van der Waals surface area contributed by atoms with Gasteiger partial charge < -0.3 is 4.74 Å². The Balaban J connectivity index is 2.56. The number of aryl methyl sites for hydroxylation is 1. The lowest BCUT2D eigenvalue weighted by Crippen LogP contribution is -2.20. The van der Waals surface area contributed by atoms with Crippen LogP contribution in [0.25, 0.3) is 0 Å². The molecule has 0 radical (unpaired) electrons. The summed E-state index contributed by atoms with van der Waals surface area (Å²) in [6.45, 7) is -0.696. The summed E-state index contributed by atoms with van der Waals surface area (Å²) < 4.78 is 52.5. The summed E-state index contributed by atoms with van der Waals surface area (Å²) in [5.41, 5.74) is 0.355. The molecule has 0 bridgehead atoms. The van der Waals surface area contributed by atoms with Gasteiger partial charge in [0.25, 0.3) is 0 Å². The van der Waals surface area contributed by atoms with Crippen molar-refractivity contribution in [3.05, 3.63) is 35.1 Å². The second-order valence-corrected chi connectivity index (χ2v) is 3.50. The molecule has 0 saturated heterocycles. The first-order chi connectivity index (χ1) is 7.79. The summed E-state index contributed by atoms with van der Waals surface area (Å²) in [4.78, 5) is 11.3. The number of rotatable bonds is 4. The highest BCUT2D eigenvalue weighted by molar-refractivity contribution is 5.97. The number of hydrogen-bond acceptors (Lipinski definition) is 2. The van der Waals surface area contributed by atoms with Crippen LogP contribution in [0.4, 0.5) is 17.6 Å². The molecule has 94 valence electrons. The largest absolute Gasteiger partial charge is 0.411 e. The smallest absolute Gasteiger partial charge is 0.364 e. The number of Topliss-reactive ketones (excluding diaryl/α,β-unsaturated/α-hetero) is 1. The molecule has 0 heterocycles. The highest BCUT2D eigenvalue weighted by Crippen LogP contribution is 2.15. The van der Waals surface area contributed by atoms with Gasteiger partial charge in [0, 0.05) is 5.56 Å². The zero-order valence-electron chi connectivity index (χ0n) is 8.97. The summed E-state index contributed by atoms with van der Waals surface area (Å²) in [7, 11) is 0. The molecule has 0 aliphatic carbocycles. The Labute approximate surface area is 95.2 Å². The number of hydrogen-bond donors (Lipinski definition) is 0. The SMILES string of the molecule is Cc1ccc(C(=O)COCC(F)(F)F)cc1F. The van der Waals surface area contributed by atoms with Gasteiger partial charge in [0.05, 0.1) is 0 Å². The van der Waals surface area contributed by atoms with Gasteiger partial charge >= 0.3 is 6.18 Å². The number of carbonyl (C=O) groups excluding carboxylic acids is 1. The summed E-state index contributed by atoms with van der Waals surface area (Å²) in [5.74, 6) is -1.26. The molecule has 0 atom stereocenters. The van der Waals surface area contributed by atoms with Gasteiger partial charge in [-0.2, -0.15) is 13.2 Å². The van der Waals surface area contributed by atoms with Crippen LogP contribution in [0.15, 0.2) is 18.2 Å². The van der Waals surface area contributed by atoms with Gasteiger partial charge in [-0.3, -0.25) is 4.79 Å². The molecule has 17 heavy (non-hydrogen) atoms. The summed E-state index contributed by atoms with van der Waals surface area (Å²) >= 11 is 0. The van der Waals surface area contributed by atoms with Crippen LogP contribution in [0.2, 0.25) is 0 Å². The van der Waals surface area contributed by atoms with Gasteiger partial charge in [0.2, 0.25) is 0 Å². The maximum Gasteiger partial charge on any atom is 0.411 e. The van der Waals surface area contributed by atoms with Gasteiger partial charge in [0.15, 0.2) is 5.78 Å². The van der Waals surface area contributed by atoms with Crippen molar-refractivity contribution in [3.8, 4) is 0 Å². The number of ether oxygens (including phenoxy) is 1. The van der Waals surface area contributed by atoms with Crippen LogP contribution >= 0.6 is 0 Å². The lowest BCUT2D eigenvalue weighted by atomic mass is 10.1. The van der Waals surface area contributed by atoms with Crippen LogP contribution in [-0.4, -0.2) is 25.2 Å². The van der Waals surface area contributed by atoms with E-state index >= 15 is 0 Å². The Bertz CT molecular complexity index is 412. The van der Waals surface area contributed by atoms with Crippen LogP contribution in [0, 0.1) is 12.7 Å². The first kappa shape index (κ1) is 13.6. The summed E-state index contributed by atoms with van der Waals surface area (Å²) in [5, 5.41) is 0. The molecule has 0 aliphatic rings. The fraction of sp³-hybridized carbons (Fsp3) is 0.364. The van der Waals surface area contributed by atoms with Crippen molar-refractivity contribution in [1.82, 2.24) is 0 Å². The number of benzene rings is 1. The maximum atomic E-state index is 13.1. The van der Waals surface area contributed by atoms with Crippen LogP contribution in [0.5, 0.6) is 0 Å². The van der Waals surface area contributed by atoms with Crippen molar-refractivity contribution in [1.29, 1.82) is 0 Å². The van der Waals surface area contributed by atoms with Gasteiger partial charge in [-0.15, -0.1) is 0 Å². The molecule has 1 aromatic carbocycles. The third-order valence-electron chi connectivity index (χ3n) is 1.99. The minimum Gasteiger partial charge on any atom is -0.364 e. The van der Waals surface area contributed by atoms with Gasteiger partial charge in [-0.1, -0.05) is 12.1 Å². The van der Waals surface area contributed by atoms with E-state index < -0.39 is 31.0 Å². The van der Waals surface area contributed by atoms with E-state index in [4.69, 9.17) is 0 Å². The molecule has 0 aliphatic heterocycles. The molecule has 1 rings (SSSR count). The van der Waals surface area contributed by atoms with Gasteiger partial charge in [-0.05, 0) is 18.6 Å². The molecule has 0 saturated carbocycles. The van der Waals surface area contributed by atoms with Crippen LogP contribution in [0.1, 0.15) is 15.9 Å². The molecular weight excluding hydrogens is 240 g/mol. The first-order valence-electron chi connectivity index (χ1n) is 4.73. The normalized spacial score (nSPS) is 11.6. The third-order valence-corrected chi connectivity index (χ3v) is 1.99. The molecule has 0 amide bonds. The molecule has 0 fully saturated rings. The number of halogens is 4. The Morgan fingerprint density at radius 2 is 2.00 bits per heavy atom. The van der Waals surface area contributed by atoms with Gasteiger partial charge in [-0.25, -0.2) is 4.39 Å². The molecule has 6 heteroatoms. The van der Waals surface area contributed by atoms with E-state index in [-0.39, 0.29) is 5.56 Å². The number of carbonyl (C=O) groups is 1. The standard InChI is InChI=1S/C11H10F4O2/c1-7-2-3-8(4-9(7)12)10(16)5-17-6-11(13,14)15/h2-4H,5-6H2,1H3. The second kappa shape index (κ2) is 5.27. The Hall–Kier alpha value is -1.43. The fourth-order valence-corrected chi connectivity index (χ4v) is 1.11. The van der Waals surface area contributed by atoms with E-state index in [9.17, 15) is 22.4 Å². The van der Waals surface area contributed by atoms with Crippen LogP contribution in [0.3, 0.4) is 0 Å². The highest BCUT2D eigenvalue weighted by Gasteiger charge is 2.27. The third kappa shape index (κ3) is 4.52. The van der Waals surface area contributed by atoms with Gasteiger partial charge in [0.1, 0.15) is 19.0 Å². The van der Waals surface area contributed by atoms with Crippen molar-refractivity contribution in [2.24, 2.45) is 0 Å². The molecule has 0 unspecified atom stereocenters. The Morgan fingerprint density at radius 1 is 1.35 bits per heavy atom. The second-order valence-electron chi connectivity index (χ2n) is 3.50. The molecule has 2 nitrogen and oxygen atoms in total. The molecular formula is C11H10F4O2. The van der Waals surface area contributed by atoms with E-state index in [2.05, 4.69) is 4.74 Å². The van der Waals surface area contributed by atoms with Crippen molar-refractivity contribution < 1.29 is 27.1 Å². The molecule has 1 aromatic rings. The monoisotopic (exact) mass is 250 g/mol. The minimum absolute atomic E-state index is 0.00438. The van der Waals surface area contributed by atoms with E-state index in [1.165, 1.54) is 19.1 Å². The van der Waals surface area contributed by atoms with Crippen molar-refractivity contribution >= 4 is 5.78 Å². The van der Waals surface area contributed by atoms with E-state index in [1.54, 1.807) is 0 Å². The molecule has 0 N–H and O–H groups in total. The minimum atomic E-state index is -4.47. The van der Waals surface area contributed by atoms with Crippen molar-refractivity contribution in [2.45, 2.75) is 13.1 Å². The lowest BCUT2D eigenvalue weighted by molar-refractivity contribution is -0.170. The lowest BCUT2D eigenvalue weighted by Gasteiger charge is -2.07. The molecule has 0 aromatic heterocycles. The topological polar surface area (TPSA) is 26.3 Å². The van der Waals surface area contributed by atoms with E-state index in [0.29, 0.717) is 5.56 Å². The Kier molecular flexibility index (Phi) is 4.22. The predicted octanol–water partition coefficient (Wildman–Crippen LogP) is 2.90. The highest BCUT2D eigenvalue weighted by atomic mass is 19.4. The zero-order valence-corrected chi connectivity index (χ0v) is 8.97. The van der Waals surface area contributed by atoms with Crippen molar-refractivity contribution in [3.63, 3.8) is 0 Å². The Morgan fingerprint density at radius 3 is 2.53 bits per heavy atom. The summed E-state index contributed by atoms with van der Waals surface area (Å²) in [6.07, 6.45) is -4.47. The van der Waals surface area contributed by atoms with E-state index in [1.807, 2.05) is 0 Å². The fourth-order valence-electron chi connectivity index (χ4n) is 1.11. The quantitative estimate of drug-likeness (QED) is 0.606. The first-order valence-corrected chi connectivity index (χ1v) is 4.73. The number of alkyl halides is 3. The van der Waals surface area contributed by atoms with Crippen LogP contribution in [-0.2, 0) is 4.74 Å². The average molecular weight is 250 g/mol. The zero-order chi connectivity index (χ0) is 13.1. The number of ketones is 1. The summed E-state index contributed by atoms with van der Waals surface area (Å²) in [6, 6.07) is 3.71.